The van der Waals surface area contributed by atoms with Crippen LogP contribution in [0.5, 0.6) is 0 Å². The lowest BCUT2D eigenvalue weighted by molar-refractivity contribution is -0.432. The second kappa shape index (κ2) is 12.8. The molecule has 3 fully saturated rings. The summed E-state index contributed by atoms with van der Waals surface area (Å²) in [6.45, 7) is 2.62. The van der Waals surface area contributed by atoms with Crippen molar-refractivity contribution < 1.29 is 53.7 Å². The van der Waals surface area contributed by atoms with Crippen LogP contribution in [0, 0.1) is 29.4 Å². The quantitative estimate of drug-likeness (QED) is 0.219. The number of hydrogen-bond acceptors (Lipinski definition) is 3. The molecule has 0 amide bonds. The lowest BCUT2D eigenvalue weighted by Gasteiger charge is -2.40. The molecule has 2 saturated carbocycles. The number of ether oxygens (including phenoxy) is 3. The Kier molecular flexibility index (Phi) is 10.1. The summed E-state index contributed by atoms with van der Waals surface area (Å²) in [6.07, 6.45) is -6.45. The van der Waals surface area contributed by atoms with Gasteiger partial charge in [0.2, 0.25) is 0 Å². The summed E-state index contributed by atoms with van der Waals surface area (Å²) in [5.74, 6) is -4.60. The van der Waals surface area contributed by atoms with Crippen molar-refractivity contribution in [3.8, 4) is 0 Å². The molecule has 4 rings (SSSR count). The molecule has 2 atom stereocenters. The van der Waals surface area contributed by atoms with Gasteiger partial charge in [-0.1, -0.05) is 12.2 Å². The number of allylic oxidation sites excluding steroid dienone is 1. The van der Waals surface area contributed by atoms with Gasteiger partial charge in [0.25, 0.3) is 0 Å². The lowest BCUT2D eigenvalue weighted by atomic mass is 9.76. The number of halogens is 9. The van der Waals surface area contributed by atoms with E-state index in [1.807, 2.05) is 13.0 Å². The van der Waals surface area contributed by atoms with Crippen LogP contribution in [0.25, 0.3) is 0 Å². The molecule has 0 bridgehead atoms. The van der Waals surface area contributed by atoms with Gasteiger partial charge < -0.3 is 9.47 Å². The normalized spacial score (nSPS) is 30.6. The van der Waals surface area contributed by atoms with Gasteiger partial charge in [-0.05, 0) is 101 Å². The Hall–Kier alpha value is -1.79. The number of hydrogen-bond donors (Lipinski definition) is 0. The summed E-state index contributed by atoms with van der Waals surface area (Å²) in [4.78, 5) is 0. The van der Waals surface area contributed by atoms with Crippen LogP contribution in [0.4, 0.5) is 39.5 Å². The van der Waals surface area contributed by atoms with Crippen LogP contribution in [0.15, 0.2) is 24.3 Å². The molecule has 3 aliphatic rings. The third kappa shape index (κ3) is 8.19. The molecular formula is C29H35F9O3. The van der Waals surface area contributed by atoms with Gasteiger partial charge in [0, 0.05) is 5.92 Å². The molecule has 1 saturated heterocycles. The maximum absolute atomic E-state index is 15.1. The number of alkyl halides is 7. The van der Waals surface area contributed by atoms with Crippen molar-refractivity contribution in [2.75, 3.05) is 6.61 Å². The van der Waals surface area contributed by atoms with Gasteiger partial charge in [-0.15, -0.1) is 13.2 Å². The number of benzene rings is 1. The Bertz CT molecular complexity index is 1010. The van der Waals surface area contributed by atoms with Crippen molar-refractivity contribution in [1.82, 2.24) is 0 Å². The smallest absolute Gasteiger partial charge is 0.377 e. The van der Waals surface area contributed by atoms with Crippen LogP contribution in [0.3, 0.4) is 0 Å². The van der Waals surface area contributed by atoms with Crippen LogP contribution in [-0.2, 0) is 20.3 Å². The van der Waals surface area contributed by atoms with Crippen LogP contribution >= 0.6 is 0 Å². The summed E-state index contributed by atoms with van der Waals surface area (Å²) in [5.41, 5.74) is -2.19. The lowest BCUT2D eigenvalue weighted by Crippen LogP contribution is -2.41. The zero-order valence-corrected chi connectivity index (χ0v) is 22.7. The molecule has 0 N–H and O–H groups in total. The Labute approximate surface area is 233 Å². The Morgan fingerprint density at radius 1 is 0.805 bits per heavy atom. The maximum atomic E-state index is 15.1. The summed E-state index contributed by atoms with van der Waals surface area (Å²) in [5, 5.41) is 0. The molecule has 3 nitrogen and oxygen atoms in total. The van der Waals surface area contributed by atoms with E-state index in [4.69, 9.17) is 9.47 Å². The van der Waals surface area contributed by atoms with Crippen LogP contribution < -0.4 is 0 Å². The predicted octanol–water partition coefficient (Wildman–Crippen LogP) is 9.36. The third-order valence-corrected chi connectivity index (χ3v) is 8.65. The Morgan fingerprint density at radius 2 is 1.41 bits per heavy atom. The monoisotopic (exact) mass is 602 g/mol. The first-order chi connectivity index (χ1) is 19.2. The molecule has 0 radical (unpaired) electrons. The molecule has 1 aromatic rings. The van der Waals surface area contributed by atoms with E-state index in [9.17, 15) is 30.7 Å². The van der Waals surface area contributed by atoms with Gasteiger partial charge in [-0.2, -0.15) is 17.6 Å². The number of rotatable bonds is 8. The van der Waals surface area contributed by atoms with E-state index in [0.29, 0.717) is 50.3 Å². The zero-order chi connectivity index (χ0) is 30.0. The first-order valence-corrected chi connectivity index (χ1v) is 14.1. The highest BCUT2D eigenvalue weighted by Crippen LogP contribution is 2.46. The van der Waals surface area contributed by atoms with E-state index < -0.39 is 53.7 Å². The minimum atomic E-state index is -5.82. The average Bonchev–Trinajstić information content (AvgIpc) is 2.87. The van der Waals surface area contributed by atoms with Crippen LogP contribution in [-0.4, -0.2) is 31.3 Å². The summed E-state index contributed by atoms with van der Waals surface area (Å²) in [6, 6.07) is 1.09. The van der Waals surface area contributed by atoms with E-state index in [1.54, 1.807) is 0 Å². The first-order valence-electron chi connectivity index (χ1n) is 14.1. The zero-order valence-electron chi connectivity index (χ0n) is 22.7. The Morgan fingerprint density at radius 3 is 1.93 bits per heavy atom. The van der Waals surface area contributed by atoms with Crippen molar-refractivity contribution in [1.29, 1.82) is 0 Å². The minimum absolute atomic E-state index is 0.0444. The minimum Gasteiger partial charge on any atom is -0.377 e. The van der Waals surface area contributed by atoms with E-state index >= 15 is 8.78 Å². The molecule has 1 aliphatic heterocycles. The average molecular weight is 603 g/mol. The van der Waals surface area contributed by atoms with Gasteiger partial charge >= 0.3 is 18.6 Å². The second-order valence-corrected chi connectivity index (χ2v) is 11.4. The fourth-order valence-corrected chi connectivity index (χ4v) is 6.55. The van der Waals surface area contributed by atoms with Crippen molar-refractivity contribution in [2.45, 2.75) is 108 Å². The summed E-state index contributed by atoms with van der Waals surface area (Å²) in [7, 11) is 0. The van der Waals surface area contributed by atoms with E-state index in [-0.39, 0.29) is 43.3 Å². The van der Waals surface area contributed by atoms with E-state index in [0.717, 1.165) is 12.8 Å². The first kappa shape index (κ1) is 32.1. The highest BCUT2D eigenvalue weighted by Gasteiger charge is 2.50. The molecule has 2 aliphatic carbocycles. The van der Waals surface area contributed by atoms with Crippen molar-refractivity contribution in [2.24, 2.45) is 17.8 Å². The maximum Gasteiger partial charge on any atom is 0.527 e. The molecule has 41 heavy (non-hydrogen) atoms. The SMILES string of the molecule is CC=CC1CCC(C2CCC(C(F)(F)OC3CCC(c4cc(F)c(C(F)(F)OC(F)(F)F)c(F)c4)CC3)CC2)OC1. The standard InChI is InChI=1S/C29H35F9O3/c1-2-3-17-4-13-25(39-16-17)19-5-9-21(10-6-19)27(32,33)40-22-11-7-18(8-12-22)20-14-23(30)26(24(31)15-20)28(34,35)41-29(36,37)38/h2-3,14-15,17-19,21-22,25H,4-13,16H2,1H3. The van der Waals surface area contributed by atoms with Gasteiger partial charge in [-0.3, -0.25) is 0 Å². The molecule has 2 unspecified atom stereocenters. The highest BCUT2D eigenvalue weighted by molar-refractivity contribution is 5.31. The molecular weight excluding hydrogens is 567 g/mol. The van der Waals surface area contributed by atoms with Crippen molar-refractivity contribution >= 4 is 0 Å². The largest absolute Gasteiger partial charge is 0.527 e. The molecule has 1 aromatic carbocycles. The van der Waals surface area contributed by atoms with Gasteiger partial charge in [0.1, 0.15) is 17.2 Å². The van der Waals surface area contributed by atoms with Crippen molar-refractivity contribution in [3.05, 3.63) is 47.0 Å². The third-order valence-electron chi connectivity index (χ3n) is 8.65. The predicted molar refractivity (Wildman–Crippen MR) is 131 cm³/mol. The molecule has 232 valence electrons. The molecule has 0 aromatic heterocycles. The van der Waals surface area contributed by atoms with E-state index in [1.165, 1.54) is 0 Å². The van der Waals surface area contributed by atoms with Crippen LogP contribution in [0.2, 0.25) is 0 Å². The van der Waals surface area contributed by atoms with Crippen LogP contribution in [0.1, 0.15) is 88.2 Å². The summed E-state index contributed by atoms with van der Waals surface area (Å²) >= 11 is 0. The van der Waals surface area contributed by atoms with Crippen molar-refractivity contribution in [3.63, 3.8) is 0 Å². The highest BCUT2D eigenvalue weighted by atomic mass is 19.4. The van der Waals surface area contributed by atoms with Gasteiger partial charge in [0.05, 0.1) is 24.7 Å². The Balaban J connectivity index is 1.27. The van der Waals surface area contributed by atoms with E-state index in [2.05, 4.69) is 10.8 Å². The van der Waals surface area contributed by atoms with Gasteiger partial charge in [0.15, 0.2) is 0 Å². The summed E-state index contributed by atoms with van der Waals surface area (Å²) < 4.78 is 137. The molecule has 1 heterocycles. The molecule has 0 spiro atoms. The molecule has 12 heteroatoms. The topological polar surface area (TPSA) is 27.7 Å². The van der Waals surface area contributed by atoms with Gasteiger partial charge in [-0.25, -0.2) is 13.5 Å². The second-order valence-electron chi connectivity index (χ2n) is 11.4. The fourth-order valence-electron chi connectivity index (χ4n) is 6.55. The fraction of sp³-hybridized carbons (Fsp3) is 0.724.